The van der Waals surface area contributed by atoms with E-state index < -0.39 is 12.1 Å². The fourth-order valence-corrected chi connectivity index (χ4v) is 5.92. The number of rotatable bonds is 5. The number of piperazine rings is 1. The van der Waals surface area contributed by atoms with Crippen LogP contribution < -0.4 is 10.1 Å². The van der Waals surface area contributed by atoms with Crippen molar-refractivity contribution in [2.24, 2.45) is 4.99 Å². The summed E-state index contributed by atoms with van der Waals surface area (Å²) >= 11 is 12.6. The molecule has 4 aromatic rings. The first-order valence-electron chi connectivity index (χ1n) is 13.9. The highest BCUT2D eigenvalue weighted by atomic mass is 35.5. The lowest BCUT2D eigenvalue weighted by Gasteiger charge is -2.35. The van der Waals surface area contributed by atoms with Crippen LogP contribution in [0.15, 0.2) is 71.9 Å². The second-order valence-corrected chi connectivity index (χ2v) is 11.6. The highest BCUT2D eigenvalue weighted by Gasteiger charge is 2.46. The summed E-state index contributed by atoms with van der Waals surface area (Å²) in [6, 6.07) is 18.7. The number of aromatic nitrogens is 1. The Kier molecular flexibility index (Phi) is 7.74. The molecule has 3 aromatic carbocycles. The van der Waals surface area contributed by atoms with Gasteiger partial charge in [-0.25, -0.2) is 4.79 Å². The summed E-state index contributed by atoms with van der Waals surface area (Å²) in [6.07, 6.45) is 1.67. The predicted molar refractivity (Wildman–Crippen MR) is 166 cm³/mol. The lowest BCUT2D eigenvalue weighted by atomic mass is 9.93. The second kappa shape index (κ2) is 11.6. The lowest BCUT2D eigenvalue weighted by Crippen LogP contribution is -2.55. The summed E-state index contributed by atoms with van der Waals surface area (Å²) in [5.41, 5.74) is 3.48. The zero-order chi connectivity index (χ0) is 30.2. The Morgan fingerprint density at radius 1 is 1.09 bits per heavy atom. The predicted octanol–water partition coefficient (Wildman–Crippen LogP) is 6.23. The number of nitrogens with zero attached hydrogens (tertiary/aromatic N) is 4. The summed E-state index contributed by atoms with van der Waals surface area (Å²) < 4.78 is 6.17. The molecule has 0 unspecified atom stereocenters. The van der Waals surface area contributed by atoms with Gasteiger partial charge in [0.05, 0.1) is 29.3 Å². The molecular formula is C32H28Cl2N6O3. The van der Waals surface area contributed by atoms with Gasteiger partial charge in [0.1, 0.15) is 24.2 Å². The van der Waals surface area contributed by atoms with Crippen molar-refractivity contribution in [1.82, 2.24) is 20.1 Å². The number of amides is 3. The summed E-state index contributed by atoms with van der Waals surface area (Å²) in [7, 11) is 0. The maximum Gasteiger partial charge on any atom is 0.326 e. The number of nitriles is 1. The van der Waals surface area contributed by atoms with Gasteiger partial charge in [-0.2, -0.15) is 5.26 Å². The molecule has 2 aliphatic rings. The third kappa shape index (κ3) is 5.52. The molecule has 9 nitrogen and oxygen atoms in total. The van der Waals surface area contributed by atoms with Gasteiger partial charge in [-0.05, 0) is 61.9 Å². The molecule has 1 fully saturated rings. The first kappa shape index (κ1) is 28.6. The van der Waals surface area contributed by atoms with Gasteiger partial charge in [0.15, 0.2) is 0 Å². The maximum atomic E-state index is 14.6. The molecular weight excluding hydrogens is 587 g/mol. The number of amidine groups is 1. The average Bonchev–Trinajstić information content (AvgIpc) is 3.58. The van der Waals surface area contributed by atoms with Crippen LogP contribution in [-0.2, 0) is 4.79 Å². The molecule has 0 aliphatic carbocycles. The number of halogens is 2. The van der Waals surface area contributed by atoms with Gasteiger partial charge >= 0.3 is 6.03 Å². The molecule has 1 saturated heterocycles. The molecule has 0 radical (unpaired) electrons. The van der Waals surface area contributed by atoms with Gasteiger partial charge in [0.2, 0.25) is 5.91 Å². The molecule has 0 bridgehead atoms. The monoisotopic (exact) mass is 614 g/mol. The van der Waals surface area contributed by atoms with Crippen molar-refractivity contribution >= 4 is 51.9 Å². The van der Waals surface area contributed by atoms with E-state index in [-0.39, 0.29) is 24.6 Å². The van der Waals surface area contributed by atoms with E-state index in [9.17, 15) is 14.9 Å². The van der Waals surface area contributed by atoms with Gasteiger partial charge in [0.25, 0.3) is 0 Å². The Labute approximate surface area is 258 Å². The van der Waals surface area contributed by atoms with Crippen molar-refractivity contribution in [2.75, 3.05) is 19.6 Å². The number of aliphatic imine (C=N–C) groups is 1. The largest absolute Gasteiger partial charge is 0.490 e. The van der Waals surface area contributed by atoms with E-state index in [0.717, 1.165) is 22.0 Å². The summed E-state index contributed by atoms with van der Waals surface area (Å²) in [5.74, 6) is 0.583. The summed E-state index contributed by atoms with van der Waals surface area (Å²) in [4.78, 5) is 38.7. The molecule has 1 aromatic heterocycles. The highest BCUT2D eigenvalue weighted by molar-refractivity contribution is 6.31. The van der Waals surface area contributed by atoms with E-state index in [1.807, 2.05) is 50.4 Å². The zero-order valence-corrected chi connectivity index (χ0v) is 25.0. The topological polar surface area (TPSA) is 114 Å². The number of carbonyl (C=O) groups is 2. The molecule has 3 amide bonds. The number of ether oxygens (including phenoxy) is 1. The van der Waals surface area contributed by atoms with Gasteiger partial charge in [-0.15, -0.1) is 0 Å². The molecule has 6 rings (SSSR count). The standard InChI is InChI=1S/C32H28Cl2N6O3/c1-18(2)43-27-13-19(15-35)3-9-24(27)31-38-29(20-4-6-21(33)7-5-20)30(25-16-37-26-14-22(34)8-10-23(25)26)40(31)32(42)39-12-11-36-28(41)17-39/h3-10,13-14,16,18,29-30,37H,11-12,17H2,1-2H3,(H,36,41)/t29-,30+/m0/s1. The van der Waals surface area contributed by atoms with Crippen LogP contribution in [0.4, 0.5) is 4.79 Å². The normalized spacial score (nSPS) is 18.5. The van der Waals surface area contributed by atoms with Crippen LogP contribution in [0.25, 0.3) is 10.9 Å². The maximum absolute atomic E-state index is 14.6. The van der Waals surface area contributed by atoms with Crippen LogP contribution in [0.3, 0.4) is 0 Å². The lowest BCUT2D eigenvalue weighted by molar-refractivity contribution is -0.123. The van der Waals surface area contributed by atoms with Gasteiger partial charge in [-0.1, -0.05) is 41.4 Å². The molecule has 2 aliphatic heterocycles. The number of aromatic amines is 1. The fourth-order valence-electron chi connectivity index (χ4n) is 5.62. The summed E-state index contributed by atoms with van der Waals surface area (Å²) in [5, 5.41) is 14.5. The number of urea groups is 1. The SMILES string of the molecule is CC(C)Oc1cc(C#N)ccc1C1=N[C@@H](c2ccc(Cl)cc2)[C@@H](c2c[nH]c3cc(Cl)ccc23)N1C(=O)N1CCNC(=O)C1. The third-order valence-corrected chi connectivity index (χ3v) is 7.99. The van der Waals surface area contributed by atoms with E-state index in [0.29, 0.717) is 45.8 Å². The number of benzene rings is 3. The van der Waals surface area contributed by atoms with Crippen LogP contribution in [-0.4, -0.2) is 58.3 Å². The van der Waals surface area contributed by atoms with Crippen LogP contribution in [0.5, 0.6) is 5.75 Å². The molecule has 43 heavy (non-hydrogen) atoms. The minimum absolute atomic E-state index is 0.0762. The van der Waals surface area contributed by atoms with E-state index >= 15 is 0 Å². The highest BCUT2D eigenvalue weighted by Crippen LogP contribution is 2.47. The number of hydrogen-bond acceptors (Lipinski definition) is 5. The van der Waals surface area contributed by atoms with E-state index in [4.69, 9.17) is 32.9 Å². The van der Waals surface area contributed by atoms with Crippen molar-refractivity contribution in [3.63, 3.8) is 0 Å². The quantitative estimate of drug-likeness (QED) is 0.277. The zero-order valence-electron chi connectivity index (χ0n) is 23.5. The molecule has 218 valence electrons. The van der Waals surface area contributed by atoms with Crippen molar-refractivity contribution in [3.05, 3.63) is 99.2 Å². The molecule has 3 heterocycles. The van der Waals surface area contributed by atoms with Crippen LogP contribution in [0.1, 0.15) is 48.2 Å². The third-order valence-electron chi connectivity index (χ3n) is 7.50. The number of fused-ring (bicyclic) bond motifs is 1. The molecule has 0 spiro atoms. The Hall–Kier alpha value is -4.52. The first-order chi connectivity index (χ1) is 20.7. The van der Waals surface area contributed by atoms with Crippen LogP contribution >= 0.6 is 23.2 Å². The number of H-pyrrole nitrogens is 1. The van der Waals surface area contributed by atoms with Crippen molar-refractivity contribution in [3.8, 4) is 11.8 Å². The van der Waals surface area contributed by atoms with Crippen LogP contribution in [0.2, 0.25) is 10.0 Å². The van der Waals surface area contributed by atoms with Crippen molar-refractivity contribution in [2.45, 2.75) is 32.0 Å². The van der Waals surface area contributed by atoms with Gasteiger partial charge in [0, 0.05) is 45.8 Å². The molecule has 0 saturated carbocycles. The smallest absolute Gasteiger partial charge is 0.326 e. The average molecular weight is 616 g/mol. The van der Waals surface area contributed by atoms with Crippen LogP contribution in [0, 0.1) is 11.3 Å². The van der Waals surface area contributed by atoms with Crippen molar-refractivity contribution < 1.29 is 14.3 Å². The minimum Gasteiger partial charge on any atom is -0.490 e. The molecule has 2 atom stereocenters. The van der Waals surface area contributed by atoms with Gasteiger partial charge in [-0.3, -0.25) is 14.7 Å². The Morgan fingerprint density at radius 3 is 2.58 bits per heavy atom. The second-order valence-electron chi connectivity index (χ2n) is 10.7. The van der Waals surface area contributed by atoms with E-state index in [1.165, 1.54) is 4.90 Å². The summed E-state index contributed by atoms with van der Waals surface area (Å²) in [6.45, 7) is 4.41. The number of nitrogens with one attached hydrogen (secondary N) is 2. The fraction of sp³-hybridized carbons (Fsp3) is 0.250. The van der Waals surface area contributed by atoms with Gasteiger partial charge < -0.3 is 19.9 Å². The number of hydrogen-bond donors (Lipinski definition) is 2. The molecule has 11 heteroatoms. The Morgan fingerprint density at radius 2 is 1.86 bits per heavy atom. The first-order valence-corrected chi connectivity index (χ1v) is 14.6. The van der Waals surface area contributed by atoms with E-state index in [1.54, 1.807) is 35.2 Å². The number of carbonyl (C=O) groups excluding carboxylic acids is 2. The Balaban J connectivity index is 1.59. The van der Waals surface area contributed by atoms with E-state index in [2.05, 4.69) is 16.4 Å². The Bertz CT molecular complexity index is 1790. The minimum atomic E-state index is -0.605. The molecule has 2 N–H and O–H groups in total. The van der Waals surface area contributed by atoms with Crippen molar-refractivity contribution in [1.29, 1.82) is 5.26 Å².